The van der Waals surface area contributed by atoms with Crippen molar-refractivity contribution in [2.24, 2.45) is 0 Å². The first-order valence-corrected chi connectivity index (χ1v) is 15.2. The smallest absolute Gasteiger partial charge is 0.206 e. The minimum atomic E-state index is -3.57. The molecule has 0 unspecified atom stereocenters. The van der Waals surface area contributed by atoms with E-state index in [-0.39, 0.29) is 9.79 Å². The number of nitrogens with one attached hydrogen (secondary N) is 2. The Morgan fingerprint density at radius 2 is 1.59 bits per heavy atom. The molecule has 37 heavy (non-hydrogen) atoms. The second-order valence-corrected chi connectivity index (χ2v) is 12.5. The molecular formula is C27H29N5O3S2. The molecule has 5 rings (SSSR count). The van der Waals surface area contributed by atoms with Gasteiger partial charge in [0.1, 0.15) is 23.7 Å². The molecule has 0 bridgehead atoms. The van der Waals surface area contributed by atoms with Crippen molar-refractivity contribution < 1.29 is 13.0 Å². The molecule has 1 fully saturated rings. The molecule has 3 aromatic carbocycles. The van der Waals surface area contributed by atoms with Crippen LogP contribution in [0.15, 0.2) is 88.9 Å². The average Bonchev–Trinajstić information content (AvgIpc) is 2.93. The van der Waals surface area contributed by atoms with Crippen LogP contribution in [-0.4, -0.2) is 65.5 Å². The van der Waals surface area contributed by atoms with E-state index in [1.165, 1.54) is 6.33 Å². The number of anilines is 3. The van der Waals surface area contributed by atoms with Crippen molar-refractivity contribution in [1.29, 1.82) is 0 Å². The van der Waals surface area contributed by atoms with Crippen LogP contribution in [0.4, 0.5) is 17.2 Å². The number of sulfone groups is 1. The monoisotopic (exact) mass is 535 g/mol. The van der Waals surface area contributed by atoms with Gasteiger partial charge in [-0.15, -0.1) is 0 Å². The normalized spacial score (nSPS) is 15.1. The van der Waals surface area contributed by atoms with Gasteiger partial charge in [0.05, 0.1) is 15.3 Å². The zero-order chi connectivity index (χ0) is 25.7. The van der Waals surface area contributed by atoms with Crippen molar-refractivity contribution in [2.45, 2.75) is 16.2 Å². The lowest BCUT2D eigenvalue weighted by Crippen LogP contribution is -2.41. The SMILES string of the molecule is O=S(=O)(c1ccccc1)c1ccc(Nc2ncnc3ccc(NCCCN4CC[S+]([O-])CC4)cc23)cc1. The van der Waals surface area contributed by atoms with Crippen LogP contribution >= 0.6 is 0 Å². The summed E-state index contributed by atoms with van der Waals surface area (Å²) in [5.41, 5.74) is 2.52. The van der Waals surface area contributed by atoms with Crippen LogP contribution in [0.1, 0.15) is 6.42 Å². The molecule has 192 valence electrons. The fourth-order valence-electron chi connectivity index (χ4n) is 4.29. The lowest BCUT2D eigenvalue weighted by atomic mass is 10.2. The van der Waals surface area contributed by atoms with Gasteiger partial charge in [0.15, 0.2) is 0 Å². The van der Waals surface area contributed by atoms with Crippen LogP contribution in [0.2, 0.25) is 0 Å². The van der Waals surface area contributed by atoms with E-state index in [2.05, 4.69) is 25.5 Å². The molecule has 0 spiro atoms. The van der Waals surface area contributed by atoms with Crippen LogP contribution < -0.4 is 10.6 Å². The molecule has 0 saturated carbocycles. The van der Waals surface area contributed by atoms with Crippen molar-refractivity contribution in [3.05, 3.63) is 79.1 Å². The first-order valence-electron chi connectivity index (χ1n) is 12.2. The highest BCUT2D eigenvalue weighted by molar-refractivity contribution is 7.91. The van der Waals surface area contributed by atoms with Gasteiger partial charge in [-0.05, 0) is 61.0 Å². The predicted octanol–water partition coefficient (Wildman–Crippen LogP) is 4.07. The first-order chi connectivity index (χ1) is 18.0. The van der Waals surface area contributed by atoms with Gasteiger partial charge in [0, 0.05) is 42.9 Å². The summed E-state index contributed by atoms with van der Waals surface area (Å²) in [6.07, 6.45) is 2.51. The fraction of sp³-hybridized carbons (Fsp3) is 0.259. The Morgan fingerprint density at radius 1 is 0.892 bits per heavy atom. The molecule has 0 radical (unpaired) electrons. The summed E-state index contributed by atoms with van der Waals surface area (Å²) < 4.78 is 37.2. The van der Waals surface area contributed by atoms with E-state index >= 15 is 0 Å². The molecule has 1 aliphatic rings. The van der Waals surface area contributed by atoms with Crippen LogP contribution in [0.25, 0.3) is 10.9 Å². The quantitative estimate of drug-likeness (QED) is 0.244. The van der Waals surface area contributed by atoms with Crippen molar-refractivity contribution >= 4 is 49.1 Å². The summed E-state index contributed by atoms with van der Waals surface area (Å²) in [7, 11) is -3.57. The molecule has 0 amide bonds. The second-order valence-electron chi connectivity index (χ2n) is 8.89. The number of benzene rings is 3. The Labute approximate surface area is 220 Å². The topological polar surface area (TPSA) is 110 Å². The van der Waals surface area contributed by atoms with Gasteiger partial charge < -0.3 is 15.2 Å². The maximum Gasteiger partial charge on any atom is 0.206 e. The van der Waals surface area contributed by atoms with Gasteiger partial charge in [0.2, 0.25) is 9.84 Å². The Bertz CT molecular complexity index is 1440. The van der Waals surface area contributed by atoms with Crippen LogP contribution in [0.5, 0.6) is 0 Å². The predicted molar refractivity (Wildman–Crippen MR) is 149 cm³/mol. The van der Waals surface area contributed by atoms with Crippen LogP contribution in [0, 0.1) is 0 Å². The maximum absolute atomic E-state index is 12.9. The van der Waals surface area contributed by atoms with Gasteiger partial charge >= 0.3 is 0 Å². The third-order valence-electron chi connectivity index (χ3n) is 6.37. The molecule has 8 nitrogen and oxygen atoms in total. The Balaban J connectivity index is 1.25. The molecule has 1 saturated heterocycles. The zero-order valence-corrected chi connectivity index (χ0v) is 22.0. The molecule has 10 heteroatoms. The number of hydrogen-bond acceptors (Lipinski definition) is 8. The third kappa shape index (κ3) is 6.22. The summed E-state index contributed by atoms with van der Waals surface area (Å²) in [6, 6.07) is 21.1. The summed E-state index contributed by atoms with van der Waals surface area (Å²) >= 11 is -0.644. The lowest BCUT2D eigenvalue weighted by molar-refractivity contribution is 0.294. The summed E-state index contributed by atoms with van der Waals surface area (Å²) in [5, 5.41) is 7.65. The van der Waals surface area contributed by atoms with Crippen molar-refractivity contribution in [1.82, 2.24) is 14.9 Å². The van der Waals surface area contributed by atoms with E-state index in [0.29, 0.717) is 5.82 Å². The molecule has 0 atom stereocenters. The number of hydrogen-bond donors (Lipinski definition) is 2. The molecule has 1 aliphatic heterocycles. The molecule has 2 heterocycles. The Kier molecular flexibility index (Phi) is 7.90. The minimum absolute atomic E-state index is 0.237. The second kappa shape index (κ2) is 11.5. The molecule has 0 aliphatic carbocycles. The molecular weight excluding hydrogens is 506 g/mol. The first kappa shape index (κ1) is 25.5. The van der Waals surface area contributed by atoms with E-state index < -0.39 is 21.0 Å². The fourth-order valence-corrected chi connectivity index (χ4v) is 6.70. The highest BCUT2D eigenvalue weighted by Crippen LogP contribution is 2.27. The van der Waals surface area contributed by atoms with Crippen molar-refractivity contribution in [3.8, 4) is 0 Å². The van der Waals surface area contributed by atoms with Gasteiger partial charge in [-0.25, -0.2) is 18.4 Å². The average molecular weight is 536 g/mol. The summed E-state index contributed by atoms with van der Waals surface area (Å²) in [6.45, 7) is 3.64. The van der Waals surface area contributed by atoms with E-state index in [0.717, 1.165) is 66.4 Å². The number of rotatable bonds is 9. The van der Waals surface area contributed by atoms with Gasteiger partial charge in [-0.3, -0.25) is 4.90 Å². The number of aromatic nitrogens is 2. The van der Waals surface area contributed by atoms with Crippen LogP contribution in [-0.2, 0) is 21.0 Å². The van der Waals surface area contributed by atoms with E-state index in [1.54, 1.807) is 54.6 Å². The minimum Gasteiger partial charge on any atom is -0.616 e. The van der Waals surface area contributed by atoms with Crippen molar-refractivity contribution in [3.63, 3.8) is 0 Å². The van der Waals surface area contributed by atoms with Crippen molar-refractivity contribution in [2.75, 3.05) is 48.3 Å². The summed E-state index contributed by atoms with van der Waals surface area (Å²) in [4.78, 5) is 11.7. The largest absolute Gasteiger partial charge is 0.616 e. The summed E-state index contributed by atoms with van der Waals surface area (Å²) in [5.74, 6) is 2.20. The van der Waals surface area contributed by atoms with Gasteiger partial charge in [-0.2, -0.15) is 0 Å². The molecule has 4 aromatic rings. The highest BCUT2D eigenvalue weighted by atomic mass is 32.2. The highest BCUT2D eigenvalue weighted by Gasteiger charge is 2.19. The zero-order valence-electron chi connectivity index (χ0n) is 20.3. The molecule has 2 N–H and O–H groups in total. The van der Waals surface area contributed by atoms with E-state index in [9.17, 15) is 13.0 Å². The number of fused-ring (bicyclic) bond motifs is 1. The standard InChI is InChI=1S/C27H29N5O3S2/c33-36-17-15-32(16-18-36)14-4-13-28-22-9-12-26-25(19-22)27(30-20-29-26)31-21-7-10-24(11-8-21)37(34,35)23-5-2-1-3-6-23/h1-3,5-12,19-20,28H,4,13-18H2,(H,29,30,31). The maximum atomic E-state index is 12.9. The van der Waals surface area contributed by atoms with Gasteiger partial charge in [0.25, 0.3) is 0 Å². The van der Waals surface area contributed by atoms with Gasteiger partial charge in [-0.1, -0.05) is 29.4 Å². The number of nitrogens with zero attached hydrogens (tertiary/aromatic N) is 3. The van der Waals surface area contributed by atoms with Crippen LogP contribution in [0.3, 0.4) is 0 Å². The Hall–Kier alpha value is -3.18. The third-order valence-corrected chi connectivity index (χ3v) is 9.43. The lowest BCUT2D eigenvalue weighted by Gasteiger charge is -2.27. The Morgan fingerprint density at radius 3 is 2.35 bits per heavy atom. The van der Waals surface area contributed by atoms with E-state index in [1.807, 2.05) is 18.2 Å². The molecule has 1 aromatic heterocycles. The van der Waals surface area contributed by atoms with E-state index in [4.69, 9.17) is 0 Å².